The molecule has 13 heteroatoms. The Balaban J connectivity index is 2.36. The van der Waals surface area contributed by atoms with Crippen LogP contribution in [0, 0.1) is 0 Å². The van der Waals surface area contributed by atoms with E-state index in [0.717, 1.165) is 0 Å². The minimum atomic E-state index is -1.55. The first-order valence-corrected chi connectivity index (χ1v) is 10.3. The van der Waals surface area contributed by atoms with Crippen LogP contribution < -0.4 is 10.6 Å². The molecule has 2 heterocycles. The molecule has 2 aliphatic heterocycles. The van der Waals surface area contributed by atoms with E-state index in [2.05, 4.69) is 10.6 Å². The fourth-order valence-electron chi connectivity index (χ4n) is 3.76. The van der Waals surface area contributed by atoms with Crippen molar-refractivity contribution in [3.8, 4) is 0 Å². The first-order chi connectivity index (χ1) is 15.1. The van der Waals surface area contributed by atoms with Crippen LogP contribution in [0.25, 0.3) is 0 Å². The van der Waals surface area contributed by atoms with Crippen molar-refractivity contribution in [3.05, 3.63) is 0 Å². The quantitative estimate of drug-likeness (QED) is 0.183. The van der Waals surface area contributed by atoms with Crippen molar-refractivity contribution >= 4 is 18.1 Å². The summed E-state index contributed by atoms with van der Waals surface area (Å²) in [5, 5.41) is 45.0. The van der Waals surface area contributed by atoms with Gasteiger partial charge >= 0.3 is 0 Å². The number of ether oxygens (including phenoxy) is 4. The van der Waals surface area contributed by atoms with Crippen molar-refractivity contribution in [2.24, 2.45) is 0 Å². The second kappa shape index (κ2) is 12.0. The Morgan fingerprint density at radius 2 is 1.69 bits per heavy atom. The highest BCUT2D eigenvalue weighted by Crippen LogP contribution is 2.29. The van der Waals surface area contributed by atoms with Crippen molar-refractivity contribution in [1.82, 2.24) is 10.6 Å². The van der Waals surface area contributed by atoms with Crippen LogP contribution >= 0.6 is 0 Å². The van der Waals surface area contributed by atoms with E-state index in [-0.39, 0.29) is 6.61 Å². The molecule has 0 unspecified atom stereocenters. The summed E-state index contributed by atoms with van der Waals surface area (Å²) in [6, 6.07) is -2.00. The molecule has 0 aromatic heterocycles. The average molecular weight is 464 g/mol. The summed E-state index contributed by atoms with van der Waals surface area (Å²) in [4.78, 5) is 34.5. The molecule has 0 bridgehead atoms. The number of rotatable bonds is 9. The SMILES string of the molecule is CC(=O)N[C@H]1[C@H](O[C@H]2[C@H](O[C@H](C)C=O)[C@@H](NC(C)=O)CO[C@@H]2CO)O[C@H](CO)[C@@H](O)[C@@H]1O. The molecule has 0 aromatic carbocycles. The molecular weight excluding hydrogens is 432 g/mol. The second-order valence-corrected chi connectivity index (χ2v) is 7.84. The van der Waals surface area contributed by atoms with E-state index < -0.39 is 86.1 Å². The molecule has 32 heavy (non-hydrogen) atoms. The number of carbonyl (C=O) groups is 3. The lowest BCUT2D eigenvalue weighted by molar-refractivity contribution is -0.313. The van der Waals surface area contributed by atoms with E-state index in [1.165, 1.54) is 20.8 Å². The highest BCUT2D eigenvalue weighted by atomic mass is 16.7. The van der Waals surface area contributed by atoms with E-state index >= 15 is 0 Å². The van der Waals surface area contributed by atoms with E-state index in [9.17, 15) is 34.8 Å². The van der Waals surface area contributed by atoms with Gasteiger partial charge in [-0.25, -0.2) is 0 Å². The molecule has 0 aromatic rings. The summed E-state index contributed by atoms with van der Waals surface area (Å²) >= 11 is 0. The molecule has 2 saturated heterocycles. The van der Waals surface area contributed by atoms with Gasteiger partial charge in [0.2, 0.25) is 11.8 Å². The molecule has 184 valence electrons. The standard InChI is InChI=1S/C19H32N2O11/c1-8(4-22)30-17-11(20-9(2)25)7-29-13(6-24)18(17)32-19-14(21-10(3)26)16(28)15(27)12(5-23)31-19/h4,8,11-19,23-24,27-28H,5-7H2,1-3H3,(H,20,25)(H,21,26)/t8-,11+,12-,13-,14-,15-,16-,17-,18-,19+/m1/s1. The van der Waals surface area contributed by atoms with Gasteiger partial charge < -0.3 is 54.8 Å². The average Bonchev–Trinajstić information content (AvgIpc) is 2.74. The van der Waals surface area contributed by atoms with E-state index in [1.54, 1.807) is 0 Å². The summed E-state index contributed by atoms with van der Waals surface area (Å²) in [5.41, 5.74) is 0. The van der Waals surface area contributed by atoms with Gasteiger partial charge in [0, 0.05) is 13.8 Å². The third kappa shape index (κ3) is 6.42. The van der Waals surface area contributed by atoms with E-state index in [4.69, 9.17) is 18.9 Å². The molecule has 0 radical (unpaired) electrons. The van der Waals surface area contributed by atoms with Crippen molar-refractivity contribution in [3.63, 3.8) is 0 Å². The van der Waals surface area contributed by atoms with Gasteiger partial charge in [-0.1, -0.05) is 0 Å². The summed E-state index contributed by atoms with van der Waals surface area (Å²) in [5.74, 6) is -0.936. The van der Waals surface area contributed by atoms with Gasteiger partial charge in [-0.2, -0.15) is 0 Å². The van der Waals surface area contributed by atoms with Gasteiger partial charge in [0.1, 0.15) is 55.1 Å². The highest BCUT2D eigenvalue weighted by Gasteiger charge is 2.50. The van der Waals surface area contributed by atoms with Crippen LogP contribution in [0.4, 0.5) is 0 Å². The van der Waals surface area contributed by atoms with Gasteiger partial charge in [-0.15, -0.1) is 0 Å². The number of hydrogen-bond donors (Lipinski definition) is 6. The summed E-state index contributed by atoms with van der Waals surface area (Å²) < 4.78 is 22.9. The highest BCUT2D eigenvalue weighted by molar-refractivity contribution is 5.73. The number of aliphatic hydroxyl groups is 4. The van der Waals surface area contributed by atoms with Crippen LogP contribution in [-0.4, -0.2) is 119 Å². The Kier molecular flexibility index (Phi) is 9.91. The molecule has 2 aliphatic rings. The van der Waals surface area contributed by atoms with Crippen LogP contribution in [0.15, 0.2) is 0 Å². The van der Waals surface area contributed by atoms with Crippen LogP contribution in [-0.2, 0) is 33.3 Å². The third-order valence-corrected chi connectivity index (χ3v) is 5.25. The van der Waals surface area contributed by atoms with Gasteiger partial charge in [0.25, 0.3) is 0 Å². The summed E-state index contributed by atoms with van der Waals surface area (Å²) in [6.07, 6.45) is -9.11. The number of aliphatic hydroxyl groups excluding tert-OH is 4. The molecule has 10 atom stereocenters. The van der Waals surface area contributed by atoms with Gasteiger partial charge in [0.05, 0.1) is 25.9 Å². The number of carbonyl (C=O) groups excluding carboxylic acids is 3. The lowest BCUT2D eigenvalue weighted by atomic mass is 9.95. The molecule has 0 spiro atoms. The normalized spacial score (nSPS) is 38.5. The molecule has 2 amide bonds. The zero-order valence-electron chi connectivity index (χ0n) is 18.1. The maximum Gasteiger partial charge on any atom is 0.217 e. The van der Waals surface area contributed by atoms with Crippen LogP contribution in [0.1, 0.15) is 20.8 Å². The lowest BCUT2D eigenvalue weighted by Crippen LogP contribution is -2.68. The lowest BCUT2D eigenvalue weighted by Gasteiger charge is -2.47. The molecule has 2 fully saturated rings. The van der Waals surface area contributed by atoms with Crippen molar-refractivity contribution < 1.29 is 53.8 Å². The predicted octanol–water partition coefficient (Wildman–Crippen LogP) is -3.82. The van der Waals surface area contributed by atoms with E-state index in [1.807, 2.05) is 0 Å². The number of nitrogens with one attached hydrogen (secondary N) is 2. The fraction of sp³-hybridized carbons (Fsp3) is 0.842. The second-order valence-electron chi connectivity index (χ2n) is 7.84. The minimum Gasteiger partial charge on any atom is -0.394 e. The van der Waals surface area contributed by atoms with Crippen molar-refractivity contribution in [2.75, 3.05) is 19.8 Å². The molecule has 0 saturated carbocycles. The van der Waals surface area contributed by atoms with Crippen LogP contribution in [0.3, 0.4) is 0 Å². The van der Waals surface area contributed by atoms with Crippen molar-refractivity contribution in [1.29, 1.82) is 0 Å². The Labute approximate surface area is 185 Å². The maximum absolute atomic E-state index is 11.7. The number of amides is 2. The Morgan fingerprint density at radius 1 is 1.06 bits per heavy atom. The summed E-state index contributed by atoms with van der Waals surface area (Å²) in [6.45, 7) is 2.76. The first-order valence-electron chi connectivity index (χ1n) is 10.3. The number of aldehydes is 1. The fourth-order valence-corrected chi connectivity index (χ4v) is 3.76. The molecular formula is C19H32N2O11. The Bertz CT molecular complexity index is 651. The maximum atomic E-state index is 11.7. The van der Waals surface area contributed by atoms with Gasteiger partial charge in [-0.3, -0.25) is 9.59 Å². The zero-order valence-corrected chi connectivity index (χ0v) is 18.1. The molecule has 2 rings (SSSR count). The van der Waals surface area contributed by atoms with Gasteiger partial charge in [-0.05, 0) is 6.92 Å². The first kappa shape index (κ1) is 26.5. The minimum absolute atomic E-state index is 0.0395. The Hall–Kier alpha value is -1.71. The molecule has 0 aliphatic carbocycles. The zero-order chi connectivity index (χ0) is 24.0. The summed E-state index contributed by atoms with van der Waals surface area (Å²) in [7, 11) is 0. The largest absolute Gasteiger partial charge is 0.394 e. The Morgan fingerprint density at radius 3 is 2.22 bits per heavy atom. The third-order valence-electron chi connectivity index (χ3n) is 5.25. The molecule has 13 nitrogen and oxygen atoms in total. The monoisotopic (exact) mass is 464 g/mol. The van der Waals surface area contributed by atoms with E-state index in [0.29, 0.717) is 6.29 Å². The van der Waals surface area contributed by atoms with Gasteiger partial charge in [0.15, 0.2) is 6.29 Å². The molecule has 6 N–H and O–H groups in total. The number of hydrogen-bond acceptors (Lipinski definition) is 11. The van der Waals surface area contributed by atoms with Crippen molar-refractivity contribution in [2.45, 2.75) is 81.9 Å². The van der Waals surface area contributed by atoms with Crippen LogP contribution in [0.2, 0.25) is 0 Å². The van der Waals surface area contributed by atoms with Crippen LogP contribution in [0.5, 0.6) is 0 Å². The predicted molar refractivity (Wildman–Crippen MR) is 105 cm³/mol. The smallest absolute Gasteiger partial charge is 0.217 e. The topological polar surface area (TPSA) is 193 Å².